The molecule has 6 heteroatoms. The average Bonchev–Trinajstić information content (AvgIpc) is 3.30. The minimum atomic E-state index is -0.791. The zero-order valence-electron chi connectivity index (χ0n) is 12.4. The second-order valence-corrected chi connectivity index (χ2v) is 6.92. The lowest BCUT2D eigenvalue weighted by Gasteiger charge is -2.23. The number of carboxylic acids is 1. The topological polar surface area (TPSA) is 70.5 Å². The molecule has 4 rings (SSSR count). The molecule has 2 aliphatic rings. The molecule has 1 amide bonds. The molecule has 118 valence electrons. The zero-order chi connectivity index (χ0) is 16.0. The van der Waals surface area contributed by atoms with Crippen molar-refractivity contribution in [1.82, 2.24) is 9.88 Å². The molecule has 0 radical (unpaired) electrons. The number of hydrogen-bond donors (Lipinski definition) is 1. The Kier molecular flexibility index (Phi) is 3.41. The van der Waals surface area contributed by atoms with E-state index in [9.17, 15) is 14.7 Å². The smallest absolute Gasteiger partial charge is 0.308 e. The Morgan fingerprint density at radius 3 is 2.74 bits per heavy atom. The molecule has 2 saturated heterocycles. The Morgan fingerprint density at radius 2 is 2.13 bits per heavy atom. The highest BCUT2D eigenvalue weighted by Gasteiger charge is 2.51. The van der Waals surface area contributed by atoms with Gasteiger partial charge in [0.15, 0.2) is 0 Å². The van der Waals surface area contributed by atoms with Gasteiger partial charge >= 0.3 is 5.97 Å². The Hall–Kier alpha value is -2.21. The van der Waals surface area contributed by atoms with Gasteiger partial charge in [0.05, 0.1) is 17.2 Å². The van der Waals surface area contributed by atoms with Crippen molar-refractivity contribution in [2.24, 2.45) is 5.92 Å². The third kappa shape index (κ3) is 2.34. The Labute approximate surface area is 137 Å². The Morgan fingerprint density at radius 1 is 1.26 bits per heavy atom. The van der Waals surface area contributed by atoms with E-state index in [1.807, 2.05) is 22.9 Å². The second kappa shape index (κ2) is 5.45. The fourth-order valence-electron chi connectivity index (χ4n) is 3.82. The summed E-state index contributed by atoms with van der Waals surface area (Å²) in [5.74, 6) is -1.30. The fraction of sp³-hybridized carbons (Fsp3) is 0.353. The summed E-state index contributed by atoms with van der Waals surface area (Å²) in [6.45, 7) is 0. The summed E-state index contributed by atoms with van der Waals surface area (Å²) in [5, 5.41) is 13.3. The molecular weight excluding hydrogens is 312 g/mol. The maximum atomic E-state index is 12.8. The molecule has 23 heavy (non-hydrogen) atoms. The first-order valence-electron chi connectivity index (χ1n) is 7.69. The van der Waals surface area contributed by atoms with E-state index < -0.39 is 11.9 Å². The Bertz CT molecular complexity index is 742. The van der Waals surface area contributed by atoms with Gasteiger partial charge in [-0.25, -0.2) is 0 Å². The van der Waals surface area contributed by atoms with Crippen LogP contribution in [0.3, 0.4) is 0 Å². The van der Waals surface area contributed by atoms with E-state index in [1.54, 1.807) is 28.5 Å². The molecule has 2 aliphatic heterocycles. The summed E-state index contributed by atoms with van der Waals surface area (Å²) < 4.78 is 0. The van der Waals surface area contributed by atoms with Crippen LogP contribution in [0.2, 0.25) is 0 Å². The molecule has 0 saturated carbocycles. The first-order valence-corrected chi connectivity index (χ1v) is 8.63. The number of fused-ring (bicyclic) bond motifs is 2. The number of aromatic nitrogens is 1. The minimum absolute atomic E-state index is 0.0603. The number of nitrogens with zero attached hydrogens (tertiary/aromatic N) is 2. The molecule has 3 atom stereocenters. The van der Waals surface area contributed by atoms with Gasteiger partial charge in [0.25, 0.3) is 5.91 Å². The first kappa shape index (κ1) is 14.4. The maximum Gasteiger partial charge on any atom is 0.308 e. The predicted octanol–water partition coefficient (Wildman–Crippen LogP) is 2.89. The van der Waals surface area contributed by atoms with Gasteiger partial charge in [0.1, 0.15) is 0 Å². The minimum Gasteiger partial charge on any atom is -0.481 e. The summed E-state index contributed by atoms with van der Waals surface area (Å²) in [7, 11) is 0. The van der Waals surface area contributed by atoms with Crippen molar-refractivity contribution >= 4 is 23.2 Å². The predicted molar refractivity (Wildman–Crippen MR) is 86.3 cm³/mol. The number of pyridine rings is 1. The third-order valence-electron chi connectivity index (χ3n) is 4.92. The highest BCUT2D eigenvalue weighted by atomic mass is 32.1. The Balaban J connectivity index is 1.57. The van der Waals surface area contributed by atoms with Crippen molar-refractivity contribution in [1.29, 1.82) is 0 Å². The summed E-state index contributed by atoms with van der Waals surface area (Å²) in [5.41, 5.74) is 2.42. The molecule has 2 aromatic rings. The largest absolute Gasteiger partial charge is 0.481 e. The van der Waals surface area contributed by atoms with Crippen LogP contribution in [-0.2, 0) is 4.79 Å². The second-order valence-electron chi connectivity index (χ2n) is 6.14. The molecule has 1 N–H and O–H groups in total. The van der Waals surface area contributed by atoms with Crippen LogP contribution in [-0.4, -0.2) is 39.0 Å². The van der Waals surface area contributed by atoms with Crippen LogP contribution >= 0.6 is 11.3 Å². The van der Waals surface area contributed by atoms with Crippen molar-refractivity contribution in [3.63, 3.8) is 0 Å². The number of carbonyl (C=O) groups is 2. The highest BCUT2D eigenvalue weighted by molar-refractivity contribution is 7.08. The molecule has 0 spiro atoms. The van der Waals surface area contributed by atoms with Crippen molar-refractivity contribution in [3.05, 3.63) is 40.7 Å². The molecule has 0 aromatic carbocycles. The van der Waals surface area contributed by atoms with E-state index in [0.717, 1.165) is 24.1 Å². The van der Waals surface area contributed by atoms with Crippen LogP contribution in [0.15, 0.2) is 35.2 Å². The quantitative estimate of drug-likeness (QED) is 0.940. The van der Waals surface area contributed by atoms with Crippen molar-refractivity contribution in [3.8, 4) is 11.3 Å². The number of amides is 1. The monoisotopic (exact) mass is 328 g/mol. The molecule has 0 unspecified atom stereocenters. The molecule has 0 aliphatic carbocycles. The zero-order valence-corrected chi connectivity index (χ0v) is 13.2. The maximum absolute atomic E-state index is 12.8. The molecular formula is C17H16N2O3S. The van der Waals surface area contributed by atoms with Crippen LogP contribution < -0.4 is 0 Å². The summed E-state index contributed by atoms with van der Waals surface area (Å²) in [4.78, 5) is 30.3. The van der Waals surface area contributed by atoms with Crippen LogP contribution in [0.5, 0.6) is 0 Å². The number of hydrogen-bond acceptors (Lipinski definition) is 4. The SMILES string of the molecule is O=C(O)[C@@H]1C[C@H]2CC[C@@H]1N2C(=O)c1ccc(-c2ccsc2)nc1. The van der Waals surface area contributed by atoms with Crippen molar-refractivity contribution < 1.29 is 14.7 Å². The average molecular weight is 328 g/mol. The van der Waals surface area contributed by atoms with Gasteiger partial charge in [-0.15, -0.1) is 0 Å². The highest BCUT2D eigenvalue weighted by Crippen LogP contribution is 2.42. The summed E-state index contributed by atoms with van der Waals surface area (Å²) >= 11 is 1.61. The van der Waals surface area contributed by atoms with Crippen molar-refractivity contribution in [2.45, 2.75) is 31.3 Å². The van der Waals surface area contributed by atoms with Gasteiger partial charge in [-0.05, 0) is 42.8 Å². The van der Waals surface area contributed by atoms with E-state index in [0.29, 0.717) is 12.0 Å². The normalized spacial score (nSPS) is 25.7. The first-order chi connectivity index (χ1) is 11.1. The number of rotatable bonds is 3. The van der Waals surface area contributed by atoms with Gasteiger partial charge in [0.2, 0.25) is 0 Å². The van der Waals surface area contributed by atoms with E-state index in [4.69, 9.17) is 0 Å². The lowest BCUT2D eigenvalue weighted by Crippen LogP contribution is -2.37. The van der Waals surface area contributed by atoms with Gasteiger partial charge < -0.3 is 10.0 Å². The molecule has 5 nitrogen and oxygen atoms in total. The van der Waals surface area contributed by atoms with Crippen LogP contribution in [0.25, 0.3) is 11.3 Å². The fourth-order valence-corrected chi connectivity index (χ4v) is 4.47. The number of aliphatic carboxylic acids is 1. The van der Waals surface area contributed by atoms with Crippen LogP contribution in [0, 0.1) is 5.92 Å². The lowest BCUT2D eigenvalue weighted by molar-refractivity contribution is -0.142. The molecule has 4 heterocycles. The lowest BCUT2D eigenvalue weighted by atomic mass is 9.89. The van der Waals surface area contributed by atoms with Crippen LogP contribution in [0.4, 0.5) is 0 Å². The van der Waals surface area contributed by atoms with E-state index >= 15 is 0 Å². The number of carboxylic acid groups (broad SMARTS) is 1. The van der Waals surface area contributed by atoms with Gasteiger partial charge in [-0.2, -0.15) is 11.3 Å². The summed E-state index contributed by atoms with van der Waals surface area (Å²) in [6.07, 6.45) is 3.86. The van der Waals surface area contributed by atoms with Gasteiger partial charge in [-0.3, -0.25) is 14.6 Å². The van der Waals surface area contributed by atoms with Crippen LogP contribution in [0.1, 0.15) is 29.6 Å². The van der Waals surface area contributed by atoms with Gasteiger partial charge in [0, 0.05) is 29.2 Å². The van der Waals surface area contributed by atoms with Crippen molar-refractivity contribution in [2.75, 3.05) is 0 Å². The molecule has 2 aromatic heterocycles. The number of carbonyl (C=O) groups excluding carboxylic acids is 1. The third-order valence-corrected chi connectivity index (χ3v) is 5.60. The molecule has 2 fully saturated rings. The summed E-state index contributed by atoms with van der Waals surface area (Å²) in [6, 6.07) is 5.52. The standard InChI is InChI=1S/C17H16N2O3S/c20-16(19-12-2-4-15(19)13(7-12)17(21)22)10-1-3-14(18-8-10)11-5-6-23-9-11/h1,3,5-6,8-9,12-13,15H,2,4,7H2,(H,21,22)/t12-,13-,15+/m1/s1. The van der Waals surface area contributed by atoms with E-state index in [2.05, 4.69) is 4.98 Å². The van der Waals surface area contributed by atoms with E-state index in [1.165, 1.54) is 0 Å². The molecule has 2 bridgehead atoms. The van der Waals surface area contributed by atoms with Gasteiger partial charge in [-0.1, -0.05) is 0 Å². The van der Waals surface area contributed by atoms with E-state index in [-0.39, 0.29) is 18.0 Å². The number of thiophene rings is 1.